The van der Waals surface area contributed by atoms with E-state index in [1.54, 1.807) is 5.92 Å². The molecule has 0 nitrogen and oxygen atoms in total. The Bertz CT molecular complexity index is 169. The van der Waals surface area contributed by atoms with E-state index in [0.29, 0.717) is 0 Å². The number of unbranched alkanes of at least 4 members (excludes halogenated alkanes) is 1. The molecule has 18 heavy (non-hydrogen) atoms. The zero-order valence-electron chi connectivity index (χ0n) is 13.9. The zero-order chi connectivity index (χ0) is 14.0. The summed E-state index contributed by atoms with van der Waals surface area (Å²) in [6, 6.07) is 0. The van der Waals surface area contributed by atoms with Crippen LogP contribution >= 0.6 is 0 Å². The van der Waals surface area contributed by atoms with Crippen molar-refractivity contribution in [1.29, 1.82) is 0 Å². The first-order chi connectivity index (χ1) is 8.41. The van der Waals surface area contributed by atoms with Gasteiger partial charge in [0.2, 0.25) is 0 Å². The minimum atomic E-state index is 0.873. The molecule has 0 saturated heterocycles. The van der Waals surface area contributed by atoms with E-state index >= 15 is 0 Å². The third-order valence-electron chi connectivity index (χ3n) is 3.81. The molecule has 0 N–H and O–H groups in total. The fraction of sp³-hybridized carbons (Fsp3) is 0.944. The van der Waals surface area contributed by atoms with Gasteiger partial charge in [0, 0.05) is 0 Å². The summed E-state index contributed by atoms with van der Waals surface area (Å²) >= 11 is 0. The molecule has 0 amide bonds. The molecule has 0 aliphatic carbocycles. The molecule has 0 heterocycles. The lowest BCUT2D eigenvalue weighted by atomic mass is 9.89. The summed E-state index contributed by atoms with van der Waals surface area (Å²) in [6.45, 7) is 14.1. The zero-order valence-corrected chi connectivity index (χ0v) is 13.9. The molecule has 1 unspecified atom stereocenters. The van der Waals surface area contributed by atoms with E-state index < -0.39 is 0 Å². The second-order valence-corrected chi connectivity index (χ2v) is 7.23. The van der Waals surface area contributed by atoms with E-state index in [1.807, 2.05) is 0 Å². The van der Waals surface area contributed by atoms with E-state index in [2.05, 4.69) is 41.5 Å². The molecule has 109 valence electrons. The highest BCUT2D eigenvalue weighted by Gasteiger charge is 2.09. The Morgan fingerprint density at radius 3 is 1.83 bits per heavy atom. The first-order valence-corrected chi connectivity index (χ1v) is 8.23. The van der Waals surface area contributed by atoms with Gasteiger partial charge in [-0.25, -0.2) is 0 Å². The lowest BCUT2D eigenvalue weighted by molar-refractivity contribution is 0.431. The lowest BCUT2D eigenvalue weighted by Crippen LogP contribution is -2.03. The summed E-state index contributed by atoms with van der Waals surface area (Å²) in [6.07, 6.45) is 11.2. The molecule has 0 aliphatic rings. The van der Waals surface area contributed by atoms with Gasteiger partial charge in [-0.2, -0.15) is 0 Å². The maximum Gasteiger partial charge on any atom is -0.0269 e. The van der Waals surface area contributed by atoms with Crippen LogP contribution in [-0.4, -0.2) is 0 Å². The van der Waals surface area contributed by atoms with Gasteiger partial charge in [-0.05, 0) is 36.5 Å². The van der Waals surface area contributed by atoms with Crippen LogP contribution in [0.5, 0.6) is 0 Å². The van der Waals surface area contributed by atoms with Crippen molar-refractivity contribution in [2.24, 2.45) is 17.8 Å². The van der Waals surface area contributed by atoms with Gasteiger partial charge >= 0.3 is 0 Å². The Balaban J connectivity index is 3.46. The van der Waals surface area contributed by atoms with E-state index in [4.69, 9.17) is 0 Å². The van der Waals surface area contributed by atoms with Crippen LogP contribution in [-0.2, 0) is 0 Å². The van der Waals surface area contributed by atoms with Gasteiger partial charge in [0.05, 0.1) is 0 Å². The normalized spacial score (nSPS) is 13.8. The minimum absolute atomic E-state index is 0.873. The van der Waals surface area contributed by atoms with Crippen LogP contribution < -0.4 is 0 Å². The summed E-state index contributed by atoms with van der Waals surface area (Å²) in [4.78, 5) is 0. The number of hydrogen-bond donors (Lipinski definition) is 0. The molecule has 0 aromatic rings. The molecule has 0 rings (SSSR count). The van der Waals surface area contributed by atoms with E-state index in [-0.39, 0.29) is 0 Å². The summed E-state index contributed by atoms with van der Waals surface area (Å²) in [5.74, 6) is 4.38. The van der Waals surface area contributed by atoms with Crippen LogP contribution in [0.15, 0.2) is 0 Å². The SMILES string of the molecule is C[C](CCCCC(C)C)CC(C)CCCC(C)C. The summed E-state index contributed by atoms with van der Waals surface area (Å²) < 4.78 is 0. The molecule has 0 heteroatoms. The van der Waals surface area contributed by atoms with Gasteiger partial charge in [-0.3, -0.25) is 0 Å². The molecule has 0 aromatic carbocycles. The maximum atomic E-state index is 2.43. The van der Waals surface area contributed by atoms with Crippen molar-refractivity contribution in [3.63, 3.8) is 0 Å². The molecule has 1 radical (unpaired) electrons. The highest BCUT2D eigenvalue weighted by molar-refractivity contribution is 4.85. The topological polar surface area (TPSA) is 0 Å². The van der Waals surface area contributed by atoms with Crippen molar-refractivity contribution in [3.05, 3.63) is 5.92 Å². The quantitative estimate of drug-likeness (QED) is 0.362. The second-order valence-electron chi connectivity index (χ2n) is 7.23. The van der Waals surface area contributed by atoms with E-state index in [1.165, 1.54) is 51.4 Å². The van der Waals surface area contributed by atoms with Crippen LogP contribution in [0.3, 0.4) is 0 Å². The lowest BCUT2D eigenvalue weighted by Gasteiger charge is -2.17. The largest absolute Gasteiger partial charge is 0.0628 e. The van der Waals surface area contributed by atoms with E-state index in [0.717, 1.165) is 17.8 Å². The van der Waals surface area contributed by atoms with Crippen molar-refractivity contribution in [3.8, 4) is 0 Å². The van der Waals surface area contributed by atoms with Gasteiger partial charge in [0.15, 0.2) is 0 Å². The van der Waals surface area contributed by atoms with Crippen LogP contribution in [0.25, 0.3) is 0 Å². The second kappa shape index (κ2) is 10.9. The average molecular weight is 253 g/mol. The molecule has 0 fully saturated rings. The van der Waals surface area contributed by atoms with Crippen LogP contribution in [0.4, 0.5) is 0 Å². The summed E-state index contributed by atoms with van der Waals surface area (Å²) in [5.41, 5.74) is 0. The fourth-order valence-electron chi connectivity index (χ4n) is 2.65. The fourth-order valence-corrected chi connectivity index (χ4v) is 2.65. The predicted molar refractivity (Wildman–Crippen MR) is 84.7 cm³/mol. The highest BCUT2D eigenvalue weighted by Crippen LogP contribution is 2.24. The molecular formula is C18H37. The molecule has 0 saturated carbocycles. The Morgan fingerprint density at radius 2 is 1.28 bits per heavy atom. The summed E-state index contributed by atoms with van der Waals surface area (Å²) in [7, 11) is 0. The van der Waals surface area contributed by atoms with E-state index in [9.17, 15) is 0 Å². The standard InChI is InChI=1S/C18H37/c1-15(2)10-7-8-12-17(5)14-18(6)13-9-11-16(3)4/h15-16,18H,7-14H2,1-6H3. The molecule has 0 aliphatic heterocycles. The first-order valence-electron chi connectivity index (χ1n) is 8.23. The summed E-state index contributed by atoms with van der Waals surface area (Å²) in [5, 5.41) is 0. The molecule has 0 spiro atoms. The van der Waals surface area contributed by atoms with Crippen molar-refractivity contribution in [2.45, 2.75) is 92.9 Å². The smallest absolute Gasteiger partial charge is 0.0269 e. The third kappa shape index (κ3) is 12.5. The monoisotopic (exact) mass is 253 g/mol. The Hall–Kier alpha value is 0. The molecule has 0 aromatic heterocycles. The maximum absolute atomic E-state index is 2.43. The Morgan fingerprint density at radius 1 is 0.722 bits per heavy atom. The number of rotatable bonds is 11. The minimum Gasteiger partial charge on any atom is -0.0628 e. The van der Waals surface area contributed by atoms with Crippen molar-refractivity contribution in [1.82, 2.24) is 0 Å². The predicted octanol–water partition coefficient (Wildman–Crippen LogP) is 6.65. The van der Waals surface area contributed by atoms with Crippen molar-refractivity contribution >= 4 is 0 Å². The van der Waals surface area contributed by atoms with Gasteiger partial charge in [-0.15, -0.1) is 0 Å². The average Bonchev–Trinajstić information content (AvgIpc) is 2.23. The van der Waals surface area contributed by atoms with Crippen molar-refractivity contribution < 1.29 is 0 Å². The number of hydrogen-bond acceptors (Lipinski definition) is 0. The molecule has 1 atom stereocenters. The van der Waals surface area contributed by atoms with Crippen LogP contribution in [0, 0.1) is 23.7 Å². The van der Waals surface area contributed by atoms with Gasteiger partial charge in [-0.1, -0.05) is 80.1 Å². The van der Waals surface area contributed by atoms with Gasteiger partial charge < -0.3 is 0 Å². The van der Waals surface area contributed by atoms with Gasteiger partial charge in [0.1, 0.15) is 0 Å². The highest BCUT2D eigenvalue weighted by atomic mass is 14.1. The molecular weight excluding hydrogens is 216 g/mol. The molecule has 0 bridgehead atoms. The van der Waals surface area contributed by atoms with Crippen LogP contribution in [0.1, 0.15) is 92.9 Å². The Kier molecular flexibility index (Phi) is 10.9. The first kappa shape index (κ1) is 18.0. The Labute approximate surface area is 117 Å². The van der Waals surface area contributed by atoms with Crippen LogP contribution in [0.2, 0.25) is 0 Å². The van der Waals surface area contributed by atoms with Gasteiger partial charge in [0.25, 0.3) is 0 Å². The third-order valence-corrected chi connectivity index (χ3v) is 3.81. The van der Waals surface area contributed by atoms with Crippen molar-refractivity contribution in [2.75, 3.05) is 0 Å².